The van der Waals surface area contributed by atoms with Crippen LogP contribution < -0.4 is 14.4 Å². The number of nitrogens with zero attached hydrogens (tertiary/aromatic N) is 3. The number of amides is 1. The van der Waals surface area contributed by atoms with E-state index in [1.165, 1.54) is 6.07 Å². The number of carbonyl (C=O) groups is 1. The lowest BCUT2D eigenvalue weighted by molar-refractivity contribution is -0.117. The van der Waals surface area contributed by atoms with E-state index in [1.54, 1.807) is 43.2 Å². The first kappa shape index (κ1) is 19.9. The summed E-state index contributed by atoms with van der Waals surface area (Å²) in [6.45, 7) is 4.45. The van der Waals surface area contributed by atoms with E-state index in [-0.39, 0.29) is 24.1 Å². The summed E-state index contributed by atoms with van der Waals surface area (Å²) in [7, 11) is 1.57. The summed E-state index contributed by atoms with van der Waals surface area (Å²) in [6.07, 6.45) is 0.226. The molecule has 2 heterocycles. The molecule has 4 rings (SSSR count). The van der Waals surface area contributed by atoms with E-state index >= 15 is 0 Å². The topological polar surface area (TPSA) is 77.7 Å². The van der Waals surface area contributed by atoms with Crippen molar-refractivity contribution in [2.24, 2.45) is 0 Å². The molecule has 8 heteroatoms. The van der Waals surface area contributed by atoms with Gasteiger partial charge in [0.05, 0.1) is 19.6 Å². The minimum absolute atomic E-state index is 0.101. The predicted molar refractivity (Wildman–Crippen MR) is 108 cm³/mol. The van der Waals surface area contributed by atoms with Gasteiger partial charge >= 0.3 is 0 Å². The van der Waals surface area contributed by atoms with Crippen LogP contribution >= 0.6 is 0 Å². The lowest BCUT2D eigenvalue weighted by Gasteiger charge is -2.18. The van der Waals surface area contributed by atoms with Crippen molar-refractivity contribution < 1.29 is 23.2 Å². The van der Waals surface area contributed by atoms with E-state index in [4.69, 9.17) is 14.0 Å². The highest BCUT2D eigenvalue weighted by Gasteiger charge is 2.36. The van der Waals surface area contributed by atoms with Gasteiger partial charge in [0.25, 0.3) is 0 Å². The van der Waals surface area contributed by atoms with Crippen LogP contribution in [0.5, 0.6) is 11.5 Å². The van der Waals surface area contributed by atoms with Crippen LogP contribution in [0.1, 0.15) is 30.7 Å². The molecule has 0 aliphatic carbocycles. The monoisotopic (exact) mass is 411 g/mol. The third kappa shape index (κ3) is 3.60. The van der Waals surface area contributed by atoms with Crippen LogP contribution in [0.3, 0.4) is 0 Å². The second kappa shape index (κ2) is 8.14. The third-order valence-corrected chi connectivity index (χ3v) is 5.17. The second-order valence-corrected chi connectivity index (χ2v) is 7.04. The van der Waals surface area contributed by atoms with Crippen LogP contribution in [0, 0.1) is 12.7 Å². The minimum atomic E-state index is -0.340. The number of halogens is 1. The molecular weight excluding hydrogens is 389 g/mol. The minimum Gasteiger partial charge on any atom is -0.493 e. The Hall–Kier alpha value is -3.42. The number of methoxy groups -OCH3 is 1. The average Bonchev–Trinajstić information content (AvgIpc) is 3.38. The van der Waals surface area contributed by atoms with E-state index in [1.807, 2.05) is 13.0 Å². The molecule has 0 bridgehead atoms. The van der Waals surface area contributed by atoms with Gasteiger partial charge in [0.2, 0.25) is 17.6 Å². The highest BCUT2D eigenvalue weighted by molar-refractivity contribution is 5.97. The Bertz CT molecular complexity index is 1080. The summed E-state index contributed by atoms with van der Waals surface area (Å²) in [5.74, 6) is 1.29. The molecule has 1 aliphatic heterocycles. The highest BCUT2D eigenvalue weighted by atomic mass is 19.1. The maximum absolute atomic E-state index is 13.9. The molecule has 2 aromatic carbocycles. The number of hydrogen-bond donors (Lipinski definition) is 0. The lowest BCUT2D eigenvalue weighted by atomic mass is 10.1. The van der Waals surface area contributed by atoms with Gasteiger partial charge in [0, 0.05) is 29.8 Å². The SMILES string of the molecule is CCOc1ccc(-c2noc(C3CC(=O)N(c4cccc(F)c4C)C3)n2)cc1OC. The zero-order valence-corrected chi connectivity index (χ0v) is 17.0. The molecule has 0 radical (unpaired) electrons. The van der Waals surface area contributed by atoms with Crippen molar-refractivity contribution in [2.45, 2.75) is 26.2 Å². The van der Waals surface area contributed by atoms with Crippen molar-refractivity contribution in [1.82, 2.24) is 10.1 Å². The smallest absolute Gasteiger partial charge is 0.232 e. The average molecular weight is 411 g/mol. The Balaban J connectivity index is 1.56. The van der Waals surface area contributed by atoms with Gasteiger partial charge in [-0.3, -0.25) is 4.79 Å². The third-order valence-electron chi connectivity index (χ3n) is 5.17. The summed E-state index contributed by atoms with van der Waals surface area (Å²) in [5, 5.41) is 4.06. The zero-order chi connectivity index (χ0) is 21.3. The molecule has 1 aromatic heterocycles. The Kier molecular flexibility index (Phi) is 5.39. The molecular formula is C22H22FN3O4. The molecule has 30 heavy (non-hydrogen) atoms. The van der Waals surface area contributed by atoms with Crippen molar-refractivity contribution in [3.05, 3.63) is 53.7 Å². The van der Waals surface area contributed by atoms with E-state index < -0.39 is 0 Å². The van der Waals surface area contributed by atoms with Crippen LogP contribution in [0.25, 0.3) is 11.4 Å². The molecule has 1 unspecified atom stereocenters. The zero-order valence-electron chi connectivity index (χ0n) is 17.0. The molecule has 1 fully saturated rings. The normalized spacial score (nSPS) is 16.2. The molecule has 0 N–H and O–H groups in total. The first-order valence-electron chi connectivity index (χ1n) is 9.72. The van der Waals surface area contributed by atoms with Gasteiger partial charge in [-0.2, -0.15) is 4.98 Å². The highest BCUT2D eigenvalue weighted by Crippen LogP contribution is 2.35. The van der Waals surface area contributed by atoms with Gasteiger partial charge in [-0.25, -0.2) is 4.39 Å². The second-order valence-electron chi connectivity index (χ2n) is 7.04. The van der Waals surface area contributed by atoms with Gasteiger partial charge < -0.3 is 18.9 Å². The van der Waals surface area contributed by atoms with Crippen molar-refractivity contribution in [3.8, 4) is 22.9 Å². The van der Waals surface area contributed by atoms with E-state index in [0.717, 1.165) is 0 Å². The van der Waals surface area contributed by atoms with Crippen molar-refractivity contribution in [1.29, 1.82) is 0 Å². The number of carbonyl (C=O) groups excluding carboxylic acids is 1. The molecule has 1 saturated heterocycles. The fourth-order valence-electron chi connectivity index (χ4n) is 3.59. The number of aromatic nitrogens is 2. The molecule has 1 atom stereocenters. The van der Waals surface area contributed by atoms with Gasteiger partial charge in [-0.05, 0) is 44.2 Å². The lowest BCUT2D eigenvalue weighted by Crippen LogP contribution is -2.25. The summed E-state index contributed by atoms with van der Waals surface area (Å²) >= 11 is 0. The maximum Gasteiger partial charge on any atom is 0.232 e. The largest absolute Gasteiger partial charge is 0.493 e. The summed E-state index contributed by atoms with van der Waals surface area (Å²) in [6, 6.07) is 10.1. The fraction of sp³-hybridized carbons (Fsp3) is 0.318. The fourth-order valence-corrected chi connectivity index (χ4v) is 3.59. The Morgan fingerprint density at radius 2 is 2.10 bits per heavy atom. The summed E-state index contributed by atoms with van der Waals surface area (Å²) < 4.78 is 30.3. The first-order valence-corrected chi connectivity index (χ1v) is 9.72. The molecule has 156 valence electrons. The quantitative estimate of drug-likeness (QED) is 0.607. The molecule has 1 amide bonds. The summed E-state index contributed by atoms with van der Waals surface area (Å²) in [4.78, 5) is 18.6. The van der Waals surface area contributed by atoms with Crippen LogP contribution in [0.15, 0.2) is 40.9 Å². The van der Waals surface area contributed by atoms with Crippen molar-refractivity contribution in [3.63, 3.8) is 0 Å². The van der Waals surface area contributed by atoms with Crippen LogP contribution in [-0.2, 0) is 4.79 Å². The van der Waals surface area contributed by atoms with Gasteiger partial charge in [0.15, 0.2) is 11.5 Å². The van der Waals surface area contributed by atoms with Gasteiger partial charge in [-0.15, -0.1) is 0 Å². The Morgan fingerprint density at radius 3 is 2.87 bits per heavy atom. The molecule has 0 spiro atoms. The van der Waals surface area contributed by atoms with Gasteiger partial charge in [-0.1, -0.05) is 11.2 Å². The van der Waals surface area contributed by atoms with E-state index in [0.29, 0.717) is 53.2 Å². The van der Waals surface area contributed by atoms with Crippen LogP contribution in [0.4, 0.5) is 10.1 Å². The van der Waals surface area contributed by atoms with Gasteiger partial charge in [0.1, 0.15) is 5.82 Å². The molecule has 0 saturated carbocycles. The van der Waals surface area contributed by atoms with Crippen LogP contribution in [-0.4, -0.2) is 36.3 Å². The Morgan fingerprint density at radius 1 is 1.27 bits per heavy atom. The molecule has 3 aromatic rings. The van der Waals surface area contributed by atoms with Crippen molar-refractivity contribution >= 4 is 11.6 Å². The number of benzene rings is 2. The van der Waals surface area contributed by atoms with E-state index in [9.17, 15) is 9.18 Å². The predicted octanol–water partition coefficient (Wildman–Crippen LogP) is 4.11. The maximum atomic E-state index is 13.9. The molecule has 1 aliphatic rings. The van der Waals surface area contributed by atoms with Crippen LogP contribution in [0.2, 0.25) is 0 Å². The van der Waals surface area contributed by atoms with Crippen molar-refractivity contribution in [2.75, 3.05) is 25.2 Å². The Labute approximate surface area is 173 Å². The number of rotatable bonds is 6. The van der Waals surface area contributed by atoms with E-state index in [2.05, 4.69) is 10.1 Å². The standard InChI is InChI=1S/C22H22FN3O4/c1-4-29-18-9-8-14(10-19(18)28-3)21-24-22(30-25-21)15-11-20(27)26(12-15)17-7-5-6-16(23)13(17)2/h5-10,15H,4,11-12H2,1-3H3. The number of hydrogen-bond acceptors (Lipinski definition) is 6. The first-order chi connectivity index (χ1) is 14.5. The molecule has 7 nitrogen and oxygen atoms in total. The number of anilines is 1. The summed E-state index contributed by atoms with van der Waals surface area (Å²) in [5.41, 5.74) is 1.73. The number of ether oxygens (including phenoxy) is 2.